The average Bonchev–Trinajstić information content (AvgIpc) is 1.54. The van der Waals surface area contributed by atoms with Gasteiger partial charge >= 0.3 is 35.6 Å². The minimum Gasteiger partial charge on any atom is -0.852 e. The number of hydrogen-bond donors (Lipinski definition) is 3. The Labute approximate surface area is 119 Å². The predicted octanol–water partition coefficient (Wildman–Crippen LogP) is -4.23. The normalized spacial score (nSPS) is 5.54. The molecule has 0 fully saturated rings. The smallest absolute Gasteiger partial charge is 0.852 e. The molecule has 0 aromatic heterocycles. The van der Waals surface area contributed by atoms with Crippen molar-refractivity contribution in [2.75, 3.05) is 0 Å². The van der Waals surface area contributed by atoms with Crippen molar-refractivity contribution in [3.8, 4) is 0 Å². The van der Waals surface area contributed by atoms with Crippen molar-refractivity contribution < 1.29 is 50.9 Å². The molecule has 6 nitrogen and oxygen atoms in total. The van der Waals surface area contributed by atoms with E-state index in [1.165, 1.54) is 0 Å². The molecule has 0 heterocycles. The van der Waals surface area contributed by atoms with Gasteiger partial charge in [-0.3, -0.25) is 0 Å². The Morgan fingerprint density at radius 3 is 0.692 bits per heavy atom. The molecule has 0 atom stereocenters. The Bertz CT molecular complexity index is 127. The molecule has 0 amide bonds. The molecule has 0 unspecified atom stereocenters. The van der Waals surface area contributed by atoms with Crippen molar-refractivity contribution in [1.82, 2.24) is 0 Å². The molecule has 0 radical (unpaired) electrons. The van der Waals surface area contributed by atoms with Gasteiger partial charge in [-0.1, -0.05) is 36.7 Å². The van der Waals surface area contributed by atoms with Crippen LogP contribution in [0.5, 0.6) is 0 Å². The molecule has 0 aromatic rings. The second-order valence-electron chi connectivity index (χ2n) is 0.957. The molecule has 0 saturated carbocycles. The van der Waals surface area contributed by atoms with E-state index in [1.54, 1.807) is 0 Å². The van der Waals surface area contributed by atoms with Gasteiger partial charge in [0.2, 0.25) is 0 Å². The average molecular weight is 367 g/mol. The van der Waals surface area contributed by atoms with E-state index in [0.29, 0.717) is 0 Å². The van der Waals surface area contributed by atoms with Gasteiger partial charge in [0.05, 0.1) is 0 Å². The number of thiocarbonyl (C=S) groups is 3. The third-order valence-electron chi connectivity index (χ3n) is 0. The fourth-order valence-corrected chi connectivity index (χ4v) is 0. The van der Waals surface area contributed by atoms with Gasteiger partial charge in [0.25, 0.3) is 0 Å². The minimum absolute atomic E-state index is 0. The van der Waals surface area contributed by atoms with E-state index in [1.807, 2.05) is 0 Å². The van der Waals surface area contributed by atoms with Crippen LogP contribution in [0.4, 0.5) is 0 Å². The molecular weight excluding hydrogens is 361 g/mol. The van der Waals surface area contributed by atoms with E-state index in [4.69, 9.17) is 15.3 Å². The first-order valence-corrected chi connectivity index (χ1v) is 3.32. The van der Waals surface area contributed by atoms with Crippen LogP contribution in [0.15, 0.2) is 0 Å². The minimum atomic E-state index is -0.750. The van der Waals surface area contributed by atoms with Gasteiger partial charge < -0.3 is 32.5 Å². The topological polar surface area (TPSA) is 147 Å². The zero-order valence-electron chi connectivity index (χ0n) is 6.26. The van der Waals surface area contributed by atoms with E-state index < -0.39 is 15.5 Å². The van der Waals surface area contributed by atoms with E-state index >= 15 is 0 Å². The SMILES string of the molecule is NC([O-])=S.NC([O-])=S.NC([O-])=S.[La+3]. The summed E-state index contributed by atoms with van der Waals surface area (Å²) in [5, 5.41) is 24.9. The Kier molecular flexibility index (Phi) is 32.4. The van der Waals surface area contributed by atoms with E-state index in [0.717, 1.165) is 0 Å². The summed E-state index contributed by atoms with van der Waals surface area (Å²) in [6.45, 7) is 0. The maximum atomic E-state index is 9.04. The Balaban J connectivity index is -0.0000000450. The van der Waals surface area contributed by atoms with E-state index in [-0.39, 0.29) is 35.6 Å². The molecule has 0 spiro atoms. The zero-order chi connectivity index (χ0) is 10.7. The Hall–Kier alpha value is 0.265. The molecule has 6 N–H and O–H groups in total. The number of rotatable bonds is 0. The van der Waals surface area contributed by atoms with Gasteiger partial charge in [0.1, 0.15) is 0 Å². The summed E-state index contributed by atoms with van der Waals surface area (Å²) in [6.07, 6.45) is 0. The van der Waals surface area contributed by atoms with Crippen molar-refractivity contribution in [2.45, 2.75) is 0 Å². The van der Waals surface area contributed by atoms with Crippen molar-refractivity contribution >= 4 is 52.2 Å². The summed E-state index contributed by atoms with van der Waals surface area (Å²) >= 11 is 11.3. The van der Waals surface area contributed by atoms with Crippen LogP contribution in [0.2, 0.25) is 0 Å². The molecule has 0 aliphatic carbocycles. The van der Waals surface area contributed by atoms with Gasteiger partial charge in [0, 0.05) is 15.5 Å². The van der Waals surface area contributed by atoms with E-state index in [9.17, 15) is 0 Å². The van der Waals surface area contributed by atoms with Gasteiger partial charge in [-0.05, 0) is 0 Å². The van der Waals surface area contributed by atoms with Gasteiger partial charge in [0.15, 0.2) is 0 Å². The molecule has 0 aliphatic heterocycles. The Morgan fingerprint density at radius 2 is 0.692 bits per heavy atom. The fraction of sp³-hybridized carbons (Fsp3) is 0. The largest absolute Gasteiger partial charge is 3.00 e. The number of nitrogens with two attached hydrogens (primary N) is 3. The summed E-state index contributed by atoms with van der Waals surface area (Å²) < 4.78 is 0. The quantitative estimate of drug-likeness (QED) is 0.362. The molecule has 0 saturated heterocycles. The van der Waals surface area contributed by atoms with Crippen LogP contribution >= 0.6 is 36.7 Å². The van der Waals surface area contributed by atoms with E-state index in [2.05, 4.69) is 53.9 Å². The summed E-state index contributed by atoms with van der Waals surface area (Å²) in [6, 6.07) is 0. The second kappa shape index (κ2) is 18.1. The third-order valence-corrected chi connectivity index (χ3v) is 0. The first-order valence-electron chi connectivity index (χ1n) is 2.09. The van der Waals surface area contributed by atoms with Crippen molar-refractivity contribution in [1.29, 1.82) is 0 Å². The maximum Gasteiger partial charge on any atom is 3.00 e. The molecule has 0 bridgehead atoms. The van der Waals surface area contributed by atoms with Crippen molar-refractivity contribution in [3.63, 3.8) is 0 Å². The first kappa shape index (κ1) is 23.2. The predicted molar refractivity (Wildman–Crippen MR) is 50.4 cm³/mol. The van der Waals surface area contributed by atoms with Crippen LogP contribution < -0.4 is 32.5 Å². The van der Waals surface area contributed by atoms with Crippen LogP contribution in [-0.4, -0.2) is 15.5 Å². The van der Waals surface area contributed by atoms with Crippen LogP contribution in [0.3, 0.4) is 0 Å². The van der Waals surface area contributed by atoms with Gasteiger partial charge in [-0.15, -0.1) is 0 Å². The van der Waals surface area contributed by atoms with Crippen molar-refractivity contribution in [2.24, 2.45) is 17.2 Å². The summed E-state index contributed by atoms with van der Waals surface area (Å²) in [5.74, 6) is 0. The van der Waals surface area contributed by atoms with Crippen LogP contribution in [-0.2, 0) is 0 Å². The number of hydrogen-bond acceptors (Lipinski definition) is 6. The monoisotopic (exact) mass is 367 g/mol. The zero-order valence-corrected chi connectivity index (χ0v) is 12.3. The molecule has 13 heavy (non-hydrogen) atoms. The fourth-order valence-electron chi connectivity index (χ4n) is 0. The molecular formula is C3H6LaN3O3S3. The molecule has 10 heteroatoms. The molecule has 0 rings (SSSR count). The maximum absolute atomic E-state index is 9.04. The summed E-state index contributed by atoms with van der Waals surface area (Å²) in [5.41, 5.74) is 12.9. The summed E-state index contributed by atoms with van der Waals surface area (Å²) in [4.78, 5) is 0. The van der Waals surface area contributed by atoms with Crippen LogP contribution in [0.1, 0.15) is 0 Å². The Morgan fingerprint density at radius 1 is 0.692 bits per heavy atom. The third kappa shape index (κ3) is 18400. The second-order valence-corrected chi connectivity index (χ2v) is 2.16. The van der Waals surface area contributed by atoms with Crippen LogP contribution in [0, 0.1) is 35.6 Å². The molecule has 0 aromatic carbocycles. The first-order chi connectivity index (χ1) is 5.20. The molecule has 72 valence electrons. The molecule has 0 aliphatic rings. The van der Waals surface area contributed by atoms with Gasteiger partial charge in [-0.2, -0.15) is 0 Å². The van der Waals surface area contributed by atoms with Crippen molar-refractivity contribution in [3.05, 3.63) is 0 Å². The summed E-state index contributed by atoms with van der Waals surface area (Å²) in [7, 11) is 0. The van der Waals surface area contributed by atoms with Crippen LogP contribution in [0.25, 0.3) is 0 Å². The standard InChI is InChI=1S/3CH3NOS.La/c3*2-1(3)4;/h3*(H3,2,3,4);/q;;;+3/p-3. The van der Waals surface area contributed by atoms with Gasteiger partial charge in [-0.25, -0.2) is 0 Å².